The average molecular weight is 221 g/mol. The molecule has 1 aliphatic rings. The Kier molecular flexibility index (Phi) is 3.46. The van der Waals surface area contributed by atoms with Crippen molar-refractivity contribution in [2.24, 2.45) is 0 Å². The highest BCUT2D eigenvalue weighted by molar-refractivity contribution is 5.35. The lowest BCUT2D eigenvalue weighted by molar-refractivity contribution is 0.149. The van der Waals surface area contributed by atoms with Gasteiger partial charge in [-0.2, -0.15) is 0 Å². The van der Waals surface area contributed by atoms with Gasteiger partial charge in [0.15, 0.2) is 0 Å². The summed E-state index contributed by atoms with van der Waals surface area (Å²) in [5.41, 5.74) is 0.899. The summed E-state index contributed by atoms with van der Waals surface area (Å²) < 4.78 is 5.71. The first-order valence-corrected chi connectivity index (χ1v) is 5.82. The summed E-state index contributed by atoms with van der Waals surface area (Å²) in [6, 6.07) is 8.32. The third-order valence-corrected chi connectivity index (χ3v) is 2.79. The molecule has 0 spiro atoms. The number of hydrogen-bond donors (Lipinski definition) is 2. The fourth-order valence-electron chi connectivity index (χ4n) is 2.13. The van der Waals surface area contributed by atoms with Crippen LogP contribution in [0.3, 0.4) is 0 Å². The van der Waals surface area contributed by atoms with E-state index in [-0.39, 0.29) is 6.04 Å². The van der Waals surface area contributed by atoms with E-state index in [0.29, 0.717) is 19.1 Å². The van der Waals surface area contributed by atoms with E-state index in [4.69, 9.17) is 4.74 Å². The third kappa shape index (κ3) is 2.54. The lowest BCUT2D eigenvalue weighted by atomic mass is 10.0. The number of para-hydroxylation sites is 1. The molecule has 3 nitrogen and oxygen atoms in total. The van der Waals surface area contributed by atoms with Crippen molar-refractivity contribution in [2.75, 3.05) is 6.61 Å². The number of aliphatic hydroxyl groups excluding tert-OH is 1. The first-order chi connectivity index (χ1) is 7.66. The molecule has 0 amide bonds. The lowest BCUT2D eigenvalue weighted by Crippen LogP contribution is -2.39. The highest BCUT2D eigenvalue weighted by Gasteiger charge is 2.23. The monoisotopic (exact) mass is 221 g/mol. The fraction of sp³-hybridized carbons (Fsp3) is 0.538. The number of benzene rings is 1. The summed E-state index contributed by atoms with van der Waals surface area (Å²) in [6.45, 7) is 4.82. The van der Waals surface area contributed by atoms with Crippen molar-refractivity contribution >= 4 is 0 Å². The Morgan fingerprint density at radius 2 is 2.12 bits per heavy atom. The van der Waals surface area contributed by atoms with Crippen molar-refractivity contribution in [3.63, 3.8) is 0 Å². The molecule has 1 aromatic carbocycles. The third-order valence-electron chi connectivity index (χ3n) is 2.79. The van der Waals surface area contributed by atoms with Crippen LogP contribution < -0.4 is 10.1 Å². The standard InChI is InChI=1S/C13H19NO2/c1-9(2)14-10-7-12(15)11-5-3-4-6-13(11)16-8-10/h3-6,9-10,12,14-15H,7-8H2,1-2H3. The fourth-order valence-corrected chi connectivity index (χ4v) is 2.13. The van der Waals surface area contributed by atoms with Gasteiger partial charge in [-0.15, -0.1) is 0 Å². The van der Waals surface area contributed by atoms with E-state index >= 15 is 0 Å². The van der Waals surface area contributed by atoms with Crippen LogP contribution in [0.4, 0.5) is 0 Å². The molecule has 3 heteroatoms. The first kappa shape index (κ1) is 11.4. The predicted molar refractivity (Wildman–Crippen MR) is 63.6 cm³/mol. The van der Waals surface area contributed by atoms with Crippen molar-refractivity contribution in [2.45, 2.75) is 38.5 Å². The Morgan fingerprint density at radius 1 is 1.38 bits per heavy atom. The Bertz CT molecular complexity index is 352. The van der Waals surface area contributed by atoms with E-state index in [1.807, 2.05) is 24.3 Å². The van der Waals surface area contributed by atoms with Gasteiger partial charge < -0.3 is 15.2 Å². The lowest BCUT2D eigenvalue weighted by Gasteiger charge is -2.20. The van der Waals surface area contributed by atoms with Crippen LogP contribution in [0.5, 0.6) is 5.75 Å². The molecule has 1 aromatic rings. The summed E-state index contributed by atoms with van der Waals surface area (Å²) in [7, 11) is 0. The van der Waals surface area contributed by atoms with Crippen LogP contribution in [-0.2, 0) is 0 Å². The van der Waals surface area contributed by atoms with Crippen molar-refractivity contribution in [3.05, 3.63) is 29.8 Å². The quantitative estimate of drug-likeness (QED) is 0.801. The number of hydrogen-bond acceptors (Lipinski definition) is 3. The molecule has 0 aliphatic carbocycles. The van der Waals surface area contributed by atoms with Crippen molar-refractivity contribution in [1.29, 1.82) is 0 Å². The van der Waals surface area contributed by atoms with Gasteiger partial charge in [0.05, 0.1) is 6.10 Å². The van der Waals surface area contributed by atoms with Gasteiger partial charge in [0.25, 0.3) is 0 Å². The maximum Gasteiger partial charge on any atom is 0.125 e. The molecular formula is C13H19NO2. The Morgan fingerprint density at radius 3 is 2.88 bits per heavy atom. The van der Waals surface area contributed by atoms with Gasteiger partial charge in [-0.25, -0.2) is 0 Å². The van der Waals surface area contributed by atoms with Crippen LogP contribution in [0.25, 0.3) is 0 Å². The summed E-state index contributed by atoms with van der Waals surface area (Å²) in [4.78, 5) is 0. The Balaban J connectivity index is 2.13. The van der Waals surface area contributed by atoms with Crippen LogP contribution in [0.2, 0.25) is 0 Å². The van der Waals surface area contributed by atoms with Gasteiger partial charge >= 0.3 is 0 Å². The summed E-state index contributed by atoms with van der Waals surface area (Å²) in [5, 5.41) is 13.5. The zero-order valence-electron chi connectivity index (χ0n) is 9.81. The Hall–Kier alpha value is -1.06. The summed E-state index contributed by atoms with van der Waals surface area (Å²) in [5.74, 6) is 0.808. The maximum absolute atomic E-state index is 10.1. The van der Waals surface area contributed by atoms with Crippen molar-refractivity contribution in [1.82, 2.24) is 5.32 Å². The predicted octanol–water partition coefficient (Wildman–Crippen LogP) is 1.87. The van der Waals surface area contributed by atoms with E-state index < -0.39 is 6.10 Å². The van der Waals surface area contributed by atoms with E-state index in [0.717, 1.165) is 11.3 Å². The minimum absolute atomic E-state index is 0.211. The number of aliphatic hydroxyl groups is 1. The minimum atomic E-state index is -0.435. The maximum atomic E-state index is 10.1. The van der Waals surface area contributed by atoms with E-state index in [9.17, 15) is 5.11 Å². The highest BCUT2D eigenvalue weighted by atomic mass is 16.5. The van der Waals surface area contributed by atoms with E-state index in [1.165, 1.54) is 0 Å². The molecule has 2 unspecified atom stereocenters. The number of nitrogens with one attached hydrogen (secondary N) is 1. The topological polar surface area (TPSA) is 41.5 Å². The molecule has 1 aliphatic heterocycles. The van der Waals surface area contributed by atoms with Crippen LogP contribution >= 0.6 is 0 Å². The van der Waals surface area contributed by atoms with Crippen LogP contribution in [0, 0.1) is 0 Å². The summed E-state index contributed by atoms with van der Waals surface area (Å²) >= 11 is 0. The van der Waals surface area contributed by atoms with Crippen molar-refractivity contribution in [3.8, 4) is 5.75 Å². The second kappa shape index (κ2) is 4.85. The van der Waals surface area contributed by atoms with Gasteiger partial charge in [-0.1, -0.05) is 32.0 Å². The number of ether oxygens (including phenoxy) is 1. The minimum Gasteiger partial charge on any atom is -0.492 e. The summed E-state index contributed by atoms with van der Waals surface area (Å²) in [6.07, 6.45) is 0.268. The molecule has 2 N–H and O–H groups in total. The molecule has 0 aromatic heterocycles. The second-order valence-corrected chi connectivity index (χ2v) is 4.62. The first-order valence-electron chi connectivity index (χ1n) is 5.82. The molecule has 2 rings (SSSR count). The van der Waals surface area contributed by atoms with E-state index in [2.05, 4.69) is 19.2 Å². The van der Waals surface area contributed by atoms with Gasteiger partial charge in [-0.3, -0.25) is 0 Å². The second-order valence-electron chi connectivity index (χ2n) is 4.62. The SMILES string of the molecule is CC(C)NC1COc2ccccc2C(O)C1. The molecule has 0 saturated carbocycles. The molecule has 2 atom stereocenters. The molecule has 0 fully saturated rings. The van der Waals surface area contributed by atoms with Gasteiger partial charge in [-0.05, 0) is 12.5 Å². The van der Waals surface area contributed by atoms with Gasteiger partial charge in [0, 0.05) is 17.6 Å². The smallest absolute Gasteiger partial charge is 0.125 e. The molecule has 16 heavy (non-hydrogen) atoms. The van der Waals surface area contributed by atoms with Gasteiger partial charge in [0.2, 0.25) is 0 Å². The van der Waals surface area contributed by atoms with Crippen LogP contribution in [-0.4, -0.2) is 23.8 Å². The normalized spacial score (nSPS) is 24.8. The molecule has 0 saturated heterocycles. The average Bonchev–Trinajstić information content (AvgIpc) is 2.39. The largest absolute Gasteiger partial charge is 0.492 e. The number of fused-ring (bicyclic) bond motifs is 1. The Labute approximate surface area is 96.4 Å². The van der Waals surface area contributed by atoms with Crippen molar-refractivity contribution < 1.29 is 9.84 Å². The zero-order valence-corrected chi connectivity index (χ0v) is 9.81. The molecule has 88 valence electrons. The zero-order chi connectivity index (χ0) is 11.5. The molecular weight excluding hydrogens is 202 g/mol. The van der Waals surface area contributed by atoms with Gasteiger partial charge in [0.1, 0.15) is 12.4 Å². The molecule has 1 heterocycles. The molecule has 0 radical (unpaired) electrons. The number of rotatable bonds is 2. The van der Waals surface area contributed by atoms with Crippen LogP contribution in [0.1, 0.15) is 31.9 Å². The molecule has 0 bridgehead atoms. The van der Waals surface area contributed by atoms with E-state index in [1.54, 1.807) is 0 Å². The highest BCUT2D eigenvalue weighted by Crippen LogP contribution is 2.30. The van der Waals surface area contributed by atoms with Crippen LogP contribution in [0.15, 0.2) is 24.3 Å².